The van der Waals surface area contributed by atoms with Crippen LogP contribution in [0.3, 0.4) is 0 Å². The van der Waals surface area contributed by atoms with Crippen molar-refractivity contribution < 1.29 is 10.2 Å². The van der Waals surface area contributed by atoms with Crippen LogP contribution in [0.25, 0.3) is 0 Å². The number of anilines is 1. The third kappa shape index (κ3) is 3.61. The second-order valence-electron chi connectivity index (χ2n) is 7.50. The molecule has 1 saturated heterocycles. The number of phenols is 1. The van der Waals surface area contributed by atoms with Crippen molar-refractivity contribution in [3.63, 3.8) is 0 Å². The van der Waals surface area contributed by atoms with Crippen molar-refractivity contribution in [2.45, 2.75) is 25.0 Å². The van der Waals surface area contributed by atoms with E-state index < -0.39 is 6.10 Å². The summed E-state index contributed by atoms with van der Waals surface area (Å²) in [6, 6.07) is 12.4. The molecule has 2 aliphatic rings. The summed E-state index contributed by atoms with van der Waals surface area (Å²) in [5.41, 5.74) is 2.12. The fourth-order valence-electron chi connectivity index (χ4n) is 4.32. The van der Waals surface area contributed by atoms with Gasteiger partial charge in [0.1, 0.15) is 5.75 Å². The highest BCUT2D eigenvalue weighted by Crippen LogP contribution is 2.34. The summed E-state index contributed by atoms with van der Waals surface area (Å²) in [6.45, 7) is 3.68. The number of hydrogen-bond acceptors (Lipinski definition) is 5. The molecule has 2 aromatic rings. The van der Waals surface area contributed by atoms with Crippen LogP contribution in [0.4, 0.5) is 5.69 Å². The Kier molecular flexibility index (Phi) is 4.70. The zero-order valence-electron chi connectivity index (χ0n) is 14.7. The molecule has 4 rings (SSSR count). The molecule has 6 nitrogen and oxygen atoms in total. The molecule has 1 fully saturated rings. The van der Waals surface area contributed by atoms with E-state index in [2.05, 4.69) is 16.3 Å². The van der Waals surface area contributed by atoms with Crippen LogP contribution >= 0.6 is 0 Å². The highest BCUT2D eigenvalue weighted by Gasteiger charge is 2.34. The lowest BCUT2D eigenvalue weighted by atomic mass is 9.83. The number of aromatic hydroxyl groups is 1. The molecule has 0 aliphatic carbocycles. The maximum atomic E-state index is 12.1. The number of fused-ring (bicyclic) bond motifs is 4. The number of likely N-dealkylation sites (tertiary alicyclic amines) is 1. The van der Waals surface area contributed by atoms with Crippen LogP contribution in [0.1, 0.15) is 18.0 Å². The molecule has 3 atom stereocenters. The Hall–Kier alpha value is -2.31. The summed E-state index contributed by atoms with van der Waals surface area (Å²) >= 11 is 0. The SMILES string of the molecule is O=c1cccc2n1C[C@H]1C[C@@H]2CN(C[C@@H](O)CNc2ccc(O)cc2)C1. The molecule has 2 bridgehead atoms. The van der Waals surface area contributed by atoms with Crippen LogP contribution in [0.2, 0.25) is 0 Å². The van der Waals surface area contributed by atoms with E-state index in [0.29, 0.717) is 24.9 Å². The van der Waals surface area contributed by atoms with Crippen molar-refractivity contribution >= 4 is 5.69 Å². The largest absolute Gasteiger partial charge is 0.508 e. The average molecular weight is 355 g/mol. The van der Waals surface area contributed by atoms with Crippen molar-refractivity contribution in [2.24, 2.45) is 5.92 Å². The number of pyridine rings is 1. The van der Waals surface area contributed by atoms with Crippen molar-refractivity contribution in [1.82, 2.24) is 9.47 Å². The molecular formula is C20H25N3O3. The normalized spacial score (nSPS) is 23.3. The van der Waals surface area contributed by atoms with Gasteiger partial charge in [0.2, 0.25) is 0 Å². The Balaban J connectivity index is 1.35. The van der Waals surface area contributed by atoms with Gasteiger partial charge in [0.25, 0.3) is 5.56 Å². The van der Waals surface area contributed by atoms with Gasteiger partial charge in [-0.25, -0.2) is 0 Å². The Morgan fingerprint density at radius 3 is 2.73 bits per heavy atom. The van der Waals surface area contributed by atoms with Gasteiger partial charge in [0.05, 0.1) is 6.10 Å². The standard InChI is InChI=1S/C20H25N3O3/c24-17-6-4-16(5-7-17)21-9-18(25)13-22-10-14-8-15(12-22)19-2-1-3-20(26)23(19)11-14/h1-7,14-15,18,21,24-25H,8-13H2/t14-,15+,18-/m0/s1. The molecule has 1 aromatic heterocycles. The Morgan fingerprint density at radius 1 is 1.12 bits per heavy atom. The zero-order valence-corrected chi connectivity index (χ0v) is 14.7. The second kappa shape index (κ2) is 7.13. The van der Waals surface area contributed by atoms with E-state index in [-0.39, 0.29) is 11.3 Å². The molecule has 138 valence electrons. The van der Waals surface area contributed by atoms with Crippen LogP contribution in [-0.4, -0.2) is 52.0 Å². The first-order valence-corrected chi connectivity index (χ1v) is 9.21. The maximum absolute atomic E-state index is 12.1. The molecule has 26 heavy (non-hydrogen) atoms. The van der Waals surface area contributed by atoms with E-state index in [1.165, 1.54) is 0 Å². The van der Waals surface area contributed by atoms with E-state index in [9.17, 15) is 15.0 Å². The highest BCUT2D eigenvalue weighted by atomic mass is 16.3. The number of aliphatic hydroxyl groups is 1. The smallest absolute Gasteiger partial charge is 0.250 e. The van der Waals surface area contributed by atoms with Gasteiger partial charge in [-0.05, 0) is 42.7 Å². The minimum atomic E-state index is -0.472. The molecular weight excluding hydrogens is 330 g/mol. The summed E-state index contributed by atoms with van der Waals surface area (Å²) in [7, 11) is 0. The van der Waals surface area contributed by atoms with Gasteiger partial charge in [0, 0.05) is 56.1 Å². The summed E-state index contributed by atoms with van der Waals surface area (Å²) in [6.07, 6.45) is 0.655. The first kappa shape index (κ1) is 17.1. The lowest BCUT2D eigenvalue weighted by Crippen LogP contribution is -2.49. The number of β-amino-alcohol motifs (C(OH)–C–C–N with tert-alkyl or cyclic N) is 1. The molecule has 3 N–H and O–H groups in total. The lowest BCUT2D eigenvalue weighted by Gasteiger charge is -2.43. The third-order valence-corrected chi connectivity index (χ3v) is 5.43. The average Bonchev–Trinajstić information content (AvgIpc) is 2.62. The van der Waals surface area contributed by atoms with E-state index in [1.54, 1.807) is 30.3 Å². The maximum Gasteiger partial charge on any atom is 0.250 e. The molecule has 1 aromatic carbocycles. The number of piperidine rings is 1. The summed E-state index contributed by atoms with van der Waals surface area (Å²) in [4.78, 5) is 14.4. The van der Waals surface area contributed by atoms with Gasteiger partial charge in [-0.3, -0.25) is 9.69 Å². The van der Waals surface area contributed by atoms with Crippen molar-refractivity contribution in [2.75, 3.05) is 31.5 Å². The lowest BCUT2D eigenvalue weighted by molar-refractivity contribution is 0.0676. The fraction of sp³-hybridized carbons (Fsp3) is 0.450. The third-order valence-electron chi connectivity index (χ3n) is 5.43. The second-order valence-corrected chi connectivity index (χ2v) is 7.50. The van der Waals surface area contributed by atoms with Gasteiger partial charge >= 0.3 is 0 Å². The van der Waals surface area contributed by atoms with E-state index in [0.717, 1.165) is 37.4 Å². The molecule has 0 unspecified atom stereocenters. The van der Waals surface area contributed by atoms with Gasteiger partial charge in [0.15, 0.2) is 0 Å². The van der Waals surface area contributed by atoms with Crippen molar-refractivity contribution in [1.29, 1.82) is 0 Å². The summed E-state index contributed by atoms with van der Waals surface area (Å²) < 4.78 is 1.93. The summed E-state index contributed by atoms with van der Waals surface area (Å²) in [5.74, 6) is 1.07. The van der Waals surface area contributed by atoms with E-state index in [4.69, 9.17) is 0 Å². The number of nitrogens with one attached hydrogen (secondary N) is 1. The molecule has 0 amide bonds. The van der Waals surface area contributed by atoms with Crippen molar-refractivity contribution in [3.05, 3.63) is 58.5 Å². The number of hydrogen-bond donors (Lipinski definition) is 3. The van der Waals surface area contributed by atoms with Crippen LogP contribution < -0.4 is 10.9 Å². The van der Waals surface area contributed by atoms with E-state index in [1.807, 2.05) is 10.6 Å². The molecule has 3 heterocycles. The Morgan fingerprint density at radius 2 is 1.92 bits per heavy atom. The van der Waals surface area contributed by atoms with Crippen LogP contribution in [0.15, 0.2) is 47.3 Å². The number of rotatable bonds is 5. The topological polar surface area (TPSA) is 77.7 Å². The first-order chi connectivity index (χ1) is 12.6. The minimum Gasteiger partial charge on any atom is -0.508 e. The molecule has 0 saturated carbocycles. The quantitative estimate of drug-likeness (QED) is 0.708. The molecule has 6 heteroatoms. The molecule has 0 spiro atoms. The summed E-state index contributed by atoms with van der Waals surface area (Å²) in [5, 5.41) is 22.9. The Labute approximate surface area is 152 Å². The van der Waals surface area contributed by atoms with Crippen LogP contribution in [0.5, 0.6) is 5.75 Å². The van der Waals surface area contributed by atoms with Crippen LogP contribution in [-0.2, 0) is 6.54 Å². The van der Waals surface area contributed by atoms with Gasteiger partial charge < -0.3 is 20.1 Å². The highest BCUT2D eigenvalue weighted by molar-refractivity contribution is 5.45. The van der Waals surface area contributed by atoms with Gasteiger partial charge in [-0.15, -0.1) is 0 Å². The fourth-order valence-corrected chi connectivity index (χ4v) is 4.32. The molecule has 0 radical (unpaired) electrons. The van der Waals surface area contributed by atoms with E-state index >= 15 is 0 Å². The number of aromatic nitrogens is 1. The minimum absolute atomic E-state index is 0.101. The van der Waals surface area contributed by atoms with Gasteiger partial charge in [-0.1, -0.05) is 6.07 Å². The van der Waals surface area contributed by atoms with Gasteiger partial charge in [-0.2, -0.15) is 0 Å². The Bertz CT molecular complexity index is 818. The number of nitrogens with zero attached hydrogens (tertiary/aromatic N) is 2. The number of phenolic OH excluding ortho intramolecular Hbond substituents is 1. The zero-order chi connectivity index (χ0) is 18.1. The monoisotopic (exact) mass is 355 g/mol. The predicted molar refractivity (Wildman–Crippen MR) is 101 cm³/mol. The number of benzene rings is 1. The molecule has 2 aliphatic heterocycles. The van der Waals surface area contributed by atoms with Crippen LogP contribution in [0, 0.1) is 5.92 Å². The predicted octanol–water partition coefficient (Wildman–Crippen LogP) is 1.45. The number of aliphatic hydroxyl groups excluding tert-OH is 1. The van der Waals surface area contributed by atoms with Crippen molar-refractivity contribution in [3.8, 4) is 5.75 Å². The first-order valence-electron chi connectivity index (χ1n) is 9.21.